The van der Waals surface area contributed by atoms with Gasteiger partial charge in [0.1, 0.15) is 0 Å². The maximum absolute atomic E-state index is 11.7. The third-order valence-corrected chi connectivity index (χ3v) is 2.92. The molecule has 84 valence electrons. The van der Waals surface area contributed by atoms with Gasteiger partial charge >= 0.3 is 0 Å². The van der Waals surface area contributed by atoms with Crippen molar-refractivity contribution in [1.82, 2.24) is 5.32 Å². The average molecular weight is 245 g/mol. The molecule has 1 aliphatic heterocycles. The molecule has 0 saturated carbocycles. The first-order valence-electron chi connectivity index (χ1n) is 4.75. The van der Waals surface area contributed by atoms with Crippen molar-refractivity contribution in [3.63, 3.8) is 0 Å². The van der Waals surface area contributed by atoms with Crippen LogP contribution in [0.25, 0.3) is 0 Å². The summed E-state index contributed by atoms with van der Waals surface area (Å²) >= 11 is 1.20. The molecule has 0 atom stereocenters. The van der Waals surface area contributed by atoms with Crippen molar-refractivity contribution in [3.8, 4) is 6.07 Å². The van der Waals surface area contributed by atoms with Gasteiger partial charge < -0.3 is 5.32 Å². The summed E-state index contributed by atoms with van der Waals surface area (Å²) in [6.45, 7) is 0. The van der Waals surface area contributed by atoms with Crippen LogP contribution in [-0.2, 0) is 4.79 Å². The molecule has 17 heavy (non-hydrogen) atoms. The molecule has 2 rings (SSSR count). The molecule has 1 aromatic rings. The summed E-state index contributed by atoms with van der Waals surface area (Å²) in [7, 11) is 0. The second-order valence-corrected chi connectivity index (χ2v) is 4.21. The Kier molecular flexibility index (Phi) is 3.21. The second kappa shape index (κ2) is 4.80. The van der Waals surface area contributed by atoms with Crippen LogP contribution in [0, 0.1) is 11.3 Å². The van der Waals surface area contributed by atoms with Crippen LogP contribution in [0.15, 0.2) is 29.3 Å². The van der Waals surface area contributed by atoms with Gasteiger partial charge in [-0.15, -0.1) is 0 Å². The van der Waals surface area contributed by atoms with Crippen molar-refractivity contribution in [2.45, 2.75) is 0 Å². The van der Waals surface area contributed by atoms with Crippen molar-refractivity contribution in [2.75, 3.05) is 5.75 Å². The van der Waals surface area contributed by atoms with E-state index in [-0.39, 0.29) is 5.91 Å². The minimum absolute atomic E-state index is 0.152. The maximum atomic E-state index is 11.7. The van der Waals surface area contributed by atoms with Crippen molar-refractivity contribution >= 4 is 28.7 Å². The number of nitrogens with one attached hydrogen (secondary N) is 1. The highest BCUT2D eigenvalue weighted by atomic mass is 32.2. The topological polar surface area (TPSA) is 82.3 Å². The Hall–Kier alpha value is -2.13. The minimum atomic E-state index is -0.431. The lowest BCUT2D eigenvalue weighted by atomic mass is 10.1. The molecule has 0 aromatic heterocycles. The summed E-state index contributed by atoms with van der Waals surface area (Å²) in [6.07, 6.45) is 0. The third-order valence-electron chi connectivity index (χ3n) is 2.05. The molecule has 1 aromatic carbocycles. The van der Waals surface area contributed by atoms with Gasteiger partial charge in [-0.05, 0) is 24.3 Å². The molecule has 1 aliphatic rings. The van der Waals surface area contributed by atoms with E-state index in [4.69, 9.17) is 5.26 Å². The molecule has 6 heteroatoms. The molecule has 0 aliphatic carbocycles. The molecule has 0 bridgehead atoms. The number of rotatable bonds is 1. The molecule has 1 heterocycles. The highest BCUT2D eigenvalue weighted by Crippen LogP contribution is 2.11. The summed E-state index contributed by atoms with van der Waals surface area (Å²) in [5.41, 5.74) is 0.871. The quantitative estimate of drug-likeness (QED) is 0.797. The SMILES string of the molecule is N#Cc1ccc(C(=O)N=C2NC(=O)CS2)cc1. The average Bonchev–Trinajstić information content (AvgIpc) is 2.75. The fourth-order valence-corrected chi connectivity index (χ4v) is 1.90. The van der Waals surface area contributed by atoms with Crippen LogP contribution < -0.4 is 5.32 Å². The second-order valence-electron chi connectivity index (χ2n) is 3.25. The fourth-order valence-electron chi connectivity index (χ4n) is 1.23. The number of carbonyl (C=O) groups is 2. The van der Waals surface area contributed by atoms with Gasteiger partial charge in [0.15, 0.2) is 5.17 Å². The van der Waals surface area contributed by atoms with Crippen LogP contribution >= 0.6 is 11.8 Å². The van der Waals surface area contributed by atoms with Gasteiger partial charge in [0.2, 0.25) is 5.91 Å². The molecule has 1 saturated heterocycles. The molecule has 5 nitrogen and oxygen atoms in total. The van der Waals surface area contributed by atoms with Gasteiger partial charge in [0.05, 0.1) is 17.4 Å². The van der Waals surface area contributed by atoms with Gasteiger partial charge in [-0.25, -0.2) is 0 Å². The van der Waals surface area contributed by atoms with Gasteiger partial charge in [-0.1, -0.05) is 11.8 Å². The van der Waals surface area contributed by atoms with Crippen molar-refractivity contribution < 1.29 is 9.59 Å². The van der Waals surface area contributed by atoms with Crippen LogP contribution in [0.2, 0.25) is 0 Å². The number of benzene rings is 1. The Morgan fingerprint density at radius 1 is 1.41 bits per heavy atom. The molecule has 0 unspecified atom stereocenters. The number of thioether (sulfide) groups is 1. The summed E-state index contributed by atoms with van der Waals surface area (Å²) < 4.78 is 0. The Morgan fingerprint density at radius 3 is 2.65 bits per heavy atom. The van der Waals surface area contributed by atoms with E-state index in [2.05, 4.69) is 10.3 Å². The number of nitriles is 1. The van der Waals surface area contributed by atoms with Crippen LogP contribution in [-0.4, -0.2) is 22.7 Å². The molecule has 0 spiro atoms. The third kappa shape index (κ3) is 2.71. The summed E-state index contributed by atoms with van der Waals surface area (Å²) in [5, 5.41) is 11.4. The number of aliphatic imine (C=N–C) groups is 1. The van der Waals surface area contributed by atoms with Crippen molar-refractivity contribution in [2.24, 2.45) is 4.99 Å². The van der Waals surface area contributed by atoms with Gasteiger partial charge in [0.25, 0.3) is 5.91 Å². The highest BCUT2D eigenvalue weighted by Gasteiger charge is 2.18. The van der Waals surface area contributed by atoms with E-state index in [0.29, 0.717) is 22.0 Å². The lowest BCUT2D eigenvalue weighted by molar-refractivity contribution is -0.116. The van der Waals surface area contributed by atoms with E-state index in [1.165, 1.54) is 23.9 Å². The van der Waals surface area contributed by atoms with Crippen LogP contribution in [0.5, 0.6) is 0 Å². The van der Waals surface area contributed by atoms with E-state index < -0.39 is 5.91 Å². The standard InChI is InChI=1S/C11H7N3O2S/c12-5-7-1-3-8(4-2-7)10(16)14-11-13-9(15)6-17-11/h1-4H,6H2,(H,13,14,15,16). The number of amides is 2. The van der Waals surface area contributed by atoms with Gasteiger partial charge in [0, 0.05) is 5.56 Å². The first kappa shape index (κ1) is 11.4. The Morgan fingerprint density at radius 2 is 2.12 bits per heavy atom. The smallest absolute Gasteiger partial charge is 0.279 e. The molecular weight excluding hydrogens is 238 g/mol. The van der Waals surface area contributed by atoms with Crippen LogP contribution in [0.4, 0.5) is 0 Å². The zero-order chi connectivity index (χ0) is 12.3. The van der Waals surface area contributed by atoms with Gasteiger partial charge in [-0.3, -0.25) is 9.59 Å². The lowest BCUT2D eigenvalue weighted by Gasteiger charge is -1.97. The predicted molar refractivity (Wildman–Crippen MR) is 63.5 cm³/mol. The summed E-state index contributed by atoms with van der Waals surface area (Å²) in [4.78, 5) is 26.3. The Bertz CT molecular complexity index is 543. The number of nitrogens with zero attached hydrogens (tertiary/aromatic N) is 2. The number of hydrogen-bond donors (Lipinski definition) is 1. The van der Waals surface area contributed by atoms with Crippen molar-refractivity contribution in [3.05, 3.63) is 35.4 Å². The summed E-state index contributed by atoms with van der Waals surface area (Å²) in [6, 6.07) is 8.13. The maximum Gasteiger partial charge on any atom is 0.279 e. The summed E-state index contributed by atoms with van der Waals surface area (Å²) in [5.74, 6) is -0.292. The zero-order valence-electron chi connectivity index (χ0n) is 8.64. The van der Waals surface area contributed by atoms with E-state index in [1.807, 2.05) is 6.07 Å². The first-order valence-corrected chi connectivity index (χ1v) is 5.73. The zero-order valence-corrected chi connectivity index (χ0v) is 9.45. The lowest BCUT2D eigenvalue weighted by Crippen LogP contribution is -2.21. The number of carbonyl (C=O) groups excluding carboxylic acids is 2. The Labute approximate surface area is 102 Å². The largest absolute Gasteiger partial charge is 0.304 e. The number of amidine groups is 1. The predicted octanol–water partition coefficient (Wildman–Crippen LogP) is 0.917. The van der Waals surface area contributed by atoms with E-state index in [1.54, 1.807) is 12.1 Å². The van der Waals surface area contributed by atoms with Crippen LogP contribution in [0.1, 0.15) is 15.9 Å². The molecular formula is C11H7N3O2S. The monoisotopic (exact) mass is 245 g/mol. The highest BCUT2D eigenvalue weighted by molar-refractivity contribution is 8.15. The van der Waals surface area contributed by atoms with E-state index in [0.717, 1.165) is 0 Å². The molecule has 0 radical (unpaired) electrons. The van der Waals surface area contributed by atoms with E-state index in [9.17, 15) is 9.59 Å². The number of hydrogen-bond acceptors (Lipinski definition) is 4. The van der Waals surface area contributed by atoms with Crippen LogP contribution in [0.3, 0.4) is 0 Å². The molecule has 1 fully saturated rings. The van der Waals surface area contributed by atoms with Crippen molar-refractivity contribution in [1.29, 1.82) is 5.26 Å². The van der Waals surface area contributed by atoms with Gasteiger partial charge in [-0.2, -0.15) is 10.3 Å². The van der Waals surface area contributed by atoms with E-state index >= 15 is 0 Å². The fraction of sp³-hybridized carbons (Fsp3) is 0.0909. The molecule has 1 N–H and O–H groups in total. The normalized spacial score (nSPS) is 16.6. The Balaban J connectivity index is 2.15. The molecule has 2 amide bonds. The minimum Gasteiger partial charge on any atom is -0.304 e. The first-order chi connectivity index (χ1) is 8.19.